The Morgan fingerprint density at radius 1 is 1.27 bits per heavy atom. The molecule has 0 fully saturated rings. The molecule has 0 aromatic heterocycles. The third-order valence-corrected chi connectivity index (χ3v) is 2.18. The molecule has 0 aliphatic rings. The molecular weight excluding hydrogens is 198 g/mol. The van der Waals surface area contributed by atoms with Gasteiger partial charge in [-0.1, -0.05) is 38.1 Å². The number of carbonyl (C=O) groups is 1. The summed E-state index contributed by atoms with van der Waals surface area (Å²) in [7, 11) is 0. The Balaban J connectivity index is 3.01. The molecule has 0 amide bonds. The number of hydrogen-bond acceptors (Lipinski definition) is 1. The second-order valence-corrected chi connectivity index (χ2v) is 3.77. The lowest BCUT2D eigenvalue weighted by Crippen LogP contribution is -2.12. The predicted octanol–water partition coefficient (Wildman–Crippen LogP) is 3.33. The first-order valence-electron chi connectivity index (χ1n) is 4.92. The average molecular weight is 212 g/mol. The summed E-state index contributed by atoms with van der Waals surface area (Å²) in [6.07, 6.45) is -2.76. The molecule has 3 heteroatoms. The summed E-state index contributed by atoms with van der Waals surface area (Å²) >= 11 is 0. The van der Waals surface area contributed by atoms with E-state index in [0.29, 0.717) is 11.1 Å². The van der Waals surface area contributed by atoms with Crippen LogP contribution in [0.1, 0.15) is 29.8 Å². The molecule has 82 valence electrons. The number of rotatable bonds is 4. The summed E-state index contributed by atoms with van der Waals surface area (Å²) in [5, 5.41) is 0. The van der Waals surface area contributed by atoms with E-state index < -0.39 is 6.43 Å². The number of halogens is 2. The first-order chi connectivity index (χ1) is 7.02. The van der Waals surface area contributed by atoms with Gasteiger partial charge in [-0.3, -0.25) is 4.79 Å². The molecule has 0 unspecified atom stereocenters. The van der Waals surface area contributed by atoms with Crippen molar-refractivity contribution < 1.29 is 13.6 Å². The molecule has 0 atom stereocenters. The van der Waals surface area contributed by atoms with E-state index in [-0.39, 0.29) is 18.1 Å². The zero-order valence-electron chi connectivity index (χ0n) is 8.84. The van der Waals surface area contributed by atoms with Crippen LogP contribution in [-0.4, -0.2) is 12.2 Å². The van der Waals surface area contributed by atoms with E-state index in [4.69, 9.17) is 0 Å². The number of ketones is 1. The highest BCUT2D eigenvalue weighted by molar-refractivity contribution is 5.98. The fourth-order valence-corrected chi connectivity index (χ4v) is 1.42. The van der Waals surface area contributed by atoms with Crippen LogP contribution in [0.5, 0.6) is 0 Å². The average Bonchev–Trinajstić information content (AvgIpc) is 2.16. The second-order valence-electron chi connectivity index (χ2n) is 3.77. The maximum Gasteiger partial charge on any atom is 0.242 e. The summed E-state index contributed by atoms with van der Waals surface area (Å²) in [6.45, 7) is 3.53. The Labute approximate surface area is 88.1 Å². The van der Waals surface area contributed by atoms with Crippen LogP contribution in [0.3, 0.4) is 0 Å². The zero-order valence-corrected chi connectivity index (χ0v) is 8.84. The van der Waals surface area contributed by atoms with Crippen LogP contribution >= 0.6 is 0 Å². The van der Waals surface area contributed by atoms with Crippen LogP contribution in [0.25, 0.3) is 0 Å². The molecule has 1 nitrogen and oxygen atoms in total. The second kappa shape index (κ2) is 5.01. The number of alkyl halides is 2. The van der Waals surface area contributed by atoms with Gasteiger partial charge in [-0.2, -0.15) is 0 Å². The minimum absolute atomic E-state index is 0.0775. The van der Waals surface area contributed by atoms with Crippen molar-refractivity contribution in [3.8, 4) is 0 Å². The summed E-state index contributed by atoms with van der Waals surface area (Å²) in [4.78, 5) is 11.7. The molecule has 1 aromatic carbocycles. The number of hydrogen-bond donors (Lipinski definition) is 0. The van der Waals surface area contributed by atoms with Gasteiger partial charge >= 0.3 is 0 Å². The highest BCUT2D eigenvalue weighted by Gasteiger charge is 2.16. The Bertz CT molecular complexity index is 345. The van der Waals surface area contributed by atoms with E-state index in [9.17, 15) is 13.6 Å². The SMILES string of the molecule is CC(C)C(=O)c1ccccc1CC(F)F. The lowest BCUT2D eigenvalue weighted by atomic mass is 9.95. The summed E-state index contributed by atoms with van der Waals surface area (Å²) in [6, 6.07) is 6.57. The van der Waals surface area contributed by atoms with Gasteiger partial charge in [0, 0.05) is 17.9 Å². The van der Waals surface area contributed by atoms with Crippen molar-refractivity contribution in [3.05, 3.63) is 35.4 Å². The van der Waals surface area contributed by atoms with Gasteiger partial charge in [0.15, 0.2) is 5.78 Å². The van der Waals surface area contributed by atoms with Crippen molar-refractivity contribution >= 4 is 5.78 Å². The van der Waals surface area contributed by atoms with E-state index in [1.54, 1.807) is 38.1 Å². The first-order valence-corrected chi connectivity index (χ1v) is 4.92. The van der Waals surface area contributed by atoms with Gasteiger partial charge in [-0.15, -0.1) is 0 Å². The fourth-order valence-electron chi connectivity index (χ4n) is 1.42. The predicted molar refractivity (Wildman–Crippen MR) is 55.3 cm³/mol. The maximum atomic E-state index is 12.3. The summed E-state index contributed by atoms with van der Waals surface area (Å²) < 4.78 is 24.5. The van der Waals surface area contributed by atoms with E-state index in [1.807, 2.05) is 0 Å². The van der Waals surface area contributed by atoms with Crippen molar-refractivity contribution in [2.45, 2.75) is 26.7 Å². The highest BCUT2D eigenvalue weighted by atomic mass is 19.3. The minimum Gasteiger partial charge on any atom is -0.294 e. The highest BCUT2D eigenvalue weighted by Crippen LogP contribution is 2.17. The summed E-state index contributed by atoms with van der Waals surface area (Å²) in [5.74, 6) is -0.241. The minimum atomic E-state index is -2.41. The van der Waals surface area contributed by atoms with Gasteiger partial charge in [0.1, 0.15) is 0 Å². The summed E-state index contributed by atoms with van der Waals surface area (Å²) in [5.41, 5.74) is 0.860. The van der Waals surface area contributed by atoms with Gasteiger partial charge < -0.3 is 0 Å². The molecule has 1 rings (SSSR count). The normalized spacial score (nSPS) is 11.1. The van der Waals surface area contributed by atoms with E-state index in [1.165, 1.54) is 0 Å². The van der Waals surface area contributed by atoms with Crippen LogP contribution in [0.4, 0.5) is 8.78 Å². The Morgan fingerprint density at radius 3 is 2.40 bits per heavy atom. The fraction of sp³-hybridized carbons (Fsp3) is 0.417. The van der Waals surface area contributed by atoms with Gasteiger partial charge in [0.05, 0.1) is 0 Å². The number of carbonyl (C=O) groups excluding carboxylic acids is 1. The zero-order chi connectivity index (χ0) is 11.4. The quantitative estimate of drug-likeness (QED) is 0.699. The lowest BCUT2D eigenvalue weighted by Gasteiger charge is -2.09. The van der Waals surface area contributed by atoms with Crippen molar-refractivity contribution in [1.29, 1.82) is 0 Å². The molecule has 0 aliphatic carbocycles. The number of benzene rings is 1. The number of Topliss-reactive ketones (excluding diaryl/α,β-unsaturated/α-hetero) is 1. The van der Waals surface area contributed by atoms with Crippen LogP contribution in [-0.2, 0) is 6.42 Å². The third kappa shape index (κ3) is 3.11. The van der Waals surface area contributed by atoms with Crippen LogP contribution in [0.2, 0.25) is 0 Å². The van der Waals surface area contributed by atoms with Gasteiger partial charge in [-0.25, -0.2) is 8.78 Å². The molecule has 15 heavy (non-hydrogen) atoms. The van der Waals surface area contributed by atoms with Crippen molar-refractivity contribution in [3.63, 3.8) is 0 Å². The molecule has 0 bridgehead atoms. The van der Waals surface area contributed by atoms with E-state index in [2.05, 4.69) is 0 Å². The molecule has 0 spiro atoms. The van der Waals surface area contributed by atoms with Gasteiger partial charge in [-0.05, 0) is 5.56 Å². The monoisotopic (exact) mass is 212 g/mol. The molecule has 0 radical (unpaired) electrons. The lowest BCUT2D eigenvalue weighted by molar-refractivity contribution is 0.0936. The molecular formula is C12H14F2O. The van der Waals surface area contributed by atoms with Crippen LogP contribution in [0.15, 0.2) is 24.3 Å². The maximum absolute atomic E-state index is 12.3. The van der Waals surface area contributed by atoms with Gasteiger partial charge in [0.2, 0.25) is 6.43 Å². The largest absolute Gasteiger partial charge is 0.294 e. The Morgan fingerprint density at radius 2 is 1.87 bits per heavy atom. The Hall–Kier alpha value is -1.25. The van der Waals surface area contributed by atoms with E-state index >= 15 is 0 Å². The Kier molecular flexibility index (Phi) is 3.95. The van der Waals surface area contributed by atoms with E-state index in [0.717, 1.165) is 0 Å². The molecule has 0 saturated heterocycles. The molecule has 0 aliphatic heterocycles. The van der Waals surface area contributed by atoms with Crippen LogP contribution in [0, 0.1) is 5.92 Å². The standard InChI is InChI=1S/C12H14F2O/c1-8(2)12(15)10-6-4-3-5-9(10)7-11(13)14/h3-6,8,11H,7H2,1-2H3. The van der Waals surface area contributed by atoms with Crippen molar-refractivity contribution in [2.24, 2.45) is 5.92 Å². The van der Waals surface area contributed by atoms with Crippen LogP contribution < -0.4 is 0 Å². The molecule has 0 heterocycles. The first kappa shape index (κ1) is 11.8. The molecule has 1 aromatic rings. The molecule has 0 N–H and O–H groups in total. The van der Waals surface area contributed by atoms with Crippen molar-refractivity contribution in [2.75, 3.05) is 0 Å². The topological polar surface area (TPSA) is 17.1 Å². The molecule has 0 saturated carbocycles. The third-order valence-electron chi connectivity index (χ3n) is 2.18. The van der Waals surface area contributed by atoms with Crippen molar-refractivity contribution in [1.82, 2.24) is 0 Å². The smallest absolute Gasteiger partial charge is 0.242 e. The van der Waals surface area contributed by atoms with Gasteiger partial charge in [0.25, 0.3) is 0 Å².